The fraction of sp³-hybridized carbons (Fsp3) is 0.654. The first kappa shape index (κ1) is 27.3. The van der Waals surface area contributed by atoms with Crippen LogP contribution >= 0.6 is 0 Å². The largest absolute Gasteiger partial charge is 0.465 e. The van der Waals surface area contributed by atoms with Crippen LogP contribution in [0.4, 0.5) is 17.6 Å². The minimum Gasteiger partial charge on any atom is -0.465 e. The molecule has 204 valence electrons. The van der Waals surface area contributed by atoms with E-state index in [1.807, 2.05) is 0 Å². The Morgan fingerprint density at radius 3 is 2.68 bits per heavy atom. The normalized spacial score (nSPS) is 23.7. The monoisotopic (exact) mass is 526 g/mol. The van der Waals surface area contributed by atoms with E-state index < -0.39 is 17.9 Å². The number of pyridine rings is 1. The topological polar surface area (TPSA) is 80.5 Å². The van der Waals surface area contributed by atoms with Gasteiger partial charge in [0.05, 0.1) is 12.6 Å². The number of halogens is 4. The summed E-state index contributed by atoms with van der Waals surface area (Å²) in [6, 6.07) is 3.22. The Kier molecular flexibility index (Phi) is 8.40. The van der Waals surface area contributed by atoms with Crippen LogP contribution in [0.15, 0.2) is 22.7 Å². The SMILES string of the molecule is Cc1ncc(CC(=O)N[C@H]2CC[C@](F)(CCN3CCc4ccc(O[C@H](C)C(F)(F)F)nc4CC3)CC2)o1. The molecular formula is C26H34F4N4O3. The summed E-state index contributed by atoms with van der Waals surface area (Å²) >= 11 is 0. The van der Waals surface area contributed by atoms with Crippen LogP contribution in [0.25, 0.3) is 0 Å². The number of amides is 1. The molecule has 1 aliphatic heterocycles. The average molecular weight is 527 g/mol. The lowest BCUT2D eigenvalue weighted by Crippen LogP contribution is -2.43. The first-order valence-corrected chi connectivity index (χ1v) is 12.8. The van der Waals surface area contributed by atoms with Gasteiger partial charge < -0.3 is 19.4 Å². The maximum Gasteiger partial charge on any atom is 0.425 e. The maximum atomic E-state index is 15.5. The lowest BCUT2D eigenvalue weighted by atomic mass is 9.81. The number of carbonyl (C=O) groups excluding carboxylic acids is 1. The van der Waals surface area contributed by atoms with Crippen LogP contribution in [0, 0.1) is 6.92 Å². The van der Waals surface area contributed by atoms with Gasteiger partial charge in [-0.3, -0.25) is 4.79 Å². The molecule has 7 nitrogen and oxygen atoms in total. The zero-order chi connectivity index (χ0) is 26.6. The molecule has 0 spiro atoms. The molecule has 11 heteroatoms. The minimum absolute atomic E-state index is 0.0282. The van der Waals surface area contributed by atoms with Gasteiger partial charge in [-0.25, -0.2) is 14.4 Å². The van der Waals surface area contributed by atoms with Crippen molar-refractivity contribution < 1.29 is 31.5 Å². The van der Waals surface area contributed by atoms with E-state index in [0.29, 0.717) is 69.7 Å². The van der Waals surface area contributed by atoms with Crippen LogP contribution in [-0.4, -0.2) is 64.4 Å². The maximum absolute atomic E-state index is 15.5. The molecule has 1 N–H and O–H groups in total. The number of hydrogen-bond acceptors (Lipinski definition) is 6. The summed E-state index contributed by atoms with van der Waals surface area (Å²) in [5, 5.41) is 2.98. The van der Waals surface area contributed by atoms with E-state index in [4.69, 9.17) is 9.15 Å². The fourth-order valence-electron chi connectivity index (χ4n) is 4.96. The van der Waals surface area contributed by atoms with E-state index in [-0.39, 0.29) is 24.2 Å². The van der Waals surface area contributed by atoms with Gasteiger partial charge in [-0.2, -0.15) is 13.2 Å². The molecule has 1 atom stereocenters. The van der Waals surface area contributed by atoms with Crippen molar-refractivity contribution in [3.8, 4) is 5.88 Å². The molecule has 3 heterocycles. The minimum atomic E-state index is -4.45. The van der Waals surface area contributed by atoms with Crippen molar-refractivity contribution in [1.82, 2.24) is 20.2 Å². The van der Waals surface area contributed by atoms with E-state index in [9.17, 15) is 18.0 Å². The number of aryl methyl sites for hydroxylation is 1. The Balaban J connectivity index is 1.21. The molecule has 1 amide bonds. The van der Waals surface area contributed by atoms with Crippen molar-refractivity contribution in [3.05, 3.63) is 41.2 Å². The van der Waals surface area contributed by atoms with Crippen molar-refractivity contribution >= 4 is 5.91 Å². The van der Waals surface area contributed by atoms with Gasteiger partial charge in [-0.1, -0.05) is 6.07 Å². The van der Waals surface area contributed by atoms with Gasteiger partial charge >= 0.3 is 6.18 Å². The van der Waals surface area contributed by atoms with Gasteiger partial charge in [0.25, 0.3) is 0 Å². The number of carbonyl (C=O) groups is 1. The third-order valence-electron chi connectivity index (χ3n) is 7.29. The van der Waals surface area contributed by atoms with Gasteiger partial charge in [-0.05, 0) is 51.0 Å². The molecule has 1 fully saturated rings. The van der Waals surface area contributed by atoms with Crippen LogP contribution in [-0.2, 0) is 24.1 Å². The number of nitrogens with zero attached hydrogens (tertiary/aromatic N) is 3. The standard InChI is InChI=1S/C26H34F4N4O3/c1-17(26(28,29)30)36-24-4-3-19-7-12-34(13-8-22(19)33-24)14-11-25(27)9-5-20(6-10-25)32-23(35)15-21-16-31-18(2)37-21/h3-4,16-17,20H,5-15H2,1-2H3,(H,32,35)/t17-,20-,25+/m1/s1. The molecule has 0 unspecified atom stereocenters. The molecule has 1 aliphatic carbocycles. The molecular weight excluding hydrogens is 492 g/mol. The Morgan fingerprint density at radius 2 is 2.00 bits per heavy atom. The van der Waals surface area contributed by atoms with Crippen molar-refractivity contribution in [2.24, 2.45) is 0 Å². The Hall–Kier alpha value is -2.69. The van der Waals surface area contributed by atoms with Crippen molar-refractivity contribution in [1.29, 1.82) is 0 Å². The summed E-state index contributed by atoms with van der Waals surface area (Å²) < 4.78 is 64.3. The Labute approximate surface area is 214 Å². The number of aromatic nitrogens is 2. The van der Waals surface area contributed by atoms with Gasteiger partial charge in [0.2, 0.25) is 11.8 Å². The molecule has 0 bridgehead atoms. The molecule has 0 saturated heterocycles. The van der Waals surface area contributed by atoms with E-state index in [1.165, 1.54) is 6.07 Å². The van der Waals surface area contributed by atoms with Crippen molar-refractivity contribution in [2.75, 3.05) is 19.6 Å². The number of rotatable bonds is 8. The molecule has 0 radical (unpaired) electrons. The second-order valence-corrected chi connectivity index (χ2v) is 10.2. The van der Waals surface area contributed by atoms with Crippen LogP contribution in [0.2, 0.25) is 0 Å². The van der Waals surface area contributed by atoms with Gasteiger partial charge in [0, 0.05) is 50.8 Å². The van der Waals surface area contributed by atoms with Crippen LogP contribution < -0.4 is 10.1 Å². The summed E-state index contributed by atoms with van der Waals surface area (Å²) in [5.74, 6) is 0.854. The number of oxazole rings is 1. The molecule has 2 aromatic heterocycles. The third-order valence-corrected chi connectivity index (χ3v) is 7.29. The highest BCUT2D eigenvalue weighted by molar-refractivity contribution is 5.78. The highest BCUT2D eigenvalue weighted by Gasteiger charge is 2.38. The molecule has 0 aromatic carbocycles. The van der Waals surface area contributed by atoms with Gasteiger partial charge in [0.1, 0.15) is 11.4 Å². The second kappa shape index (κ2) is 11.4. The van der Waals surface area contributed by atoms with E-state index in [1.54, 1.807) is 19.2 Å². The number of fused-ring (bicyclic) bond motifs is 1. The third kappa shape index (κ3) is 7.66. The number of ether oxygens (including phenoxy) is 1. The van der Waals surface area contributed by atoms with Gasteiger partial charge in [-0.15, -0.1) is 0 Å². The van der Waals surface area contributed by atoms with Crippen molar-refractivity contribution in [2.45, 2.75) is 89.2 Å². The number of alkyl halides is 4. The molecule has 2 aliphatic rings. The van der Waals surface area contributed by atoms with Crippen molar-refractivity contribution in [3.63, 3.8) is 0 Å². The number of nitrogens with one attached hydrogen (secondary N) is 1. The summed E-state index contributed by atoms with van der Waals surface area (Å²) in [5.41, 5.74) is 0.456. The zero-order valence-electron chi connectivity index (χ0n) is 21.2. The quantitative estimate of drug-likeness (QED) is 0.510. The Bertz CT molecular complexity index is 1070. The smallest absolute Gasteiger partial charge is 0.425 e. The summed E-state index contributed by atoms with van der Waals surface area (Å²) in [6.07, 6.45) is -1.05. The lowest BCUT2D eigenvalue weighted by Gasteiger charge is -2.35. The molecule has 37 heavy (non-hydrogen) atoms. The molecule has 2 aromatic rings. The highest BCUT2D eigenvalue weighted by Crippen LogP contribution is 2.35. The predicted molar refractivity (Wildman–Crippen MR) is 128 cm³/mol. The predicted octanol–water partition coefficient (Wildman–Crippen LogP) is 4.51. The van der Waals surface area contributed by atoms with Crippen LogP contribution in [0.5, 0.6) is 5.88 Å². The summed E-state index contributed by atoms with van der Waals surface area (Å²) in [7, 11) is 0. The second-order valence-electron chi connectivity index (χ2n) is 10.2. The number of hydrogen-bond donors (Lipinski definition) is 1. The Morgan fingerprint density at radius 1 is 1.27 bits per heavy atom. The average Bonchev–Trinajstić information content (AvgIpc) is 3.13. The fourth-order valence-corrected chi connectivity index (χ4v) is 4.96. The van der Waals surface area contributed by atoms with Crippen LogP contribution in [0.3, 0.4) is 0 Å². The molecule has 1 saturated carbocycles. The summed E-state index contributed by atoms with van der Waals surface area (Å²) in [4.78, 5) is 22.8. The summed E-state index contributed by atoms with van der Waals surface area (Å²) in [6.45, 7) is 4.68. The highest BCUT2D eigenvalue weighted by atomic mass is 19.4. The first-order valence-electron chi connectivity index (χ1n) is 12.8. The molecule has 4 rings (SSSR count). The van der Waals surface area contributed by atoms with Crippen LogP contribution in [0.1, 0.15) is 61.9 Å². The van der Waals surface area contributed by atoms with E-state index >= 15 is 4.39 Å². The van der Waals surface area contributed by atoms with E-state index in [2.05, 4.69) is 20.2 Å². The van der Waals surface area contributed by atoms with Gasteiger partial charge in [0.15, 0.2) is 12.0 Å². The van der Waals surface area contributed by atoms with E-state index in [0.717, 1.165) is 24.7 Å². The first-order chi connectivity index (χ1) is 17.5. The lowest BCUT2D eigenvalue weighted by molar-refractivity contribution is -0.190. The zero-order valence-corrected chi connectivity index (χ0v) is 21.2.